The van der Waals surface area contributed by atoms with Crippen LogP contribution in [0.5, 0.6) is 0 Å². The van der Waals surface area contributed by atoms with Gasteiger partial charge in [0.2, 0.25) is 0 Å². The second-order valence-electron chi connectivity index (χ2n) is 5.48. The third kappa shape index (κ3) is 3.67. The van der Waals surface area contributed by atoms with Gasteiger partial charge in [0.25, 0.3) is 0 Å². The normalized spacial score (nSPS) is 23.1. The van der Waals surface area contributed by atoms with E-state index in [0.717, 1.165) is 25.4 Å². The number of thiol groups is 1. The largest absolute Gasteiger partial charge is 0.374 e. The fourth-order valence-corrected chi connectivity index (χ4v) is 3.08. The average Bonchev–Trinajstić information content (AvgIpc) is 2.56. The molecule has 2 aromatic carbocycles. The molecule has 0 amide bonds. The highest BCUT2D eigenvalue weighted by atomic mass is 32.1. The number of benzene rings is 2. The second kappa shape index (κ2) is 7.12. The third-order valence-electron chi connectivity index (χ3n) is 3.99. The highest BCUT2D eigenvalue weighted by Crippen LogP contribution is 2.28. The van der Waals surface area contributed by atoms with Crippen LogP contribution in [0.1, 0.15) is 17.2 Å². The minimum Gasteiger partial charge on any atom is -0.374 e. The van der Waals surface area contributed by atoms with Gasteiger partial charge in [0.05, 0.1) is 18.8 Å². The van der Waals surface area contributed by atoms with Crippen LogP contribution in [0.3, 0.4) is 0 Å². The van der Waals surface area contributed by atoms with Gasteiger partial charge >= 0.3 is 0 Å². The standard InChI is InChI=1S/C18H21NOS/c21-14-17-12-19(11-15-7-3-1-4-8-15)18(13-20-17)16-9-5-2-6-10-16/h1-10,17-18,21H,11-14H2/t17-,18?/m0/s1. The van der Waals surface area contributed by atoms with Gasteiger partial charge in [-0.15, -0.1) is 0 Å². The van der Waals surface area contributed by atoms with Crippen molar-refractivity contribution < 1.29 is 4.74 Å². The summed E-state index contributed by atoms with van der Waals surface area (Å²) in [5, 5.41) is 0. The molecular formula is C18H21NOS. The van der Waals surface area contributed by atoms with Crippen LogP contribution in [-0.2, 0) is 11.3 Å². The molecule has 3 heteroatoms. The molecule has 0 spiro atoms. The van der Waals surface area contributed by atoms with Crippen LogP contribution >= 0.6 is 12.6 Å². The lowest BCUT2D eigenvalue weighted by atomic mass is 10.0. The molecular weight excluding hydrogens is 278 g/mol. The smallest absolute Gasteiger partial charge is 0.0790 e. The van der Waals surface area contributed by atoms with E-state index in [0.29, 0.717) is 6.04 Å². The first-order valence-electron chi connectivity index (χ1n) is 7.42. The van der Waals surface area contributed by atoms with Crippen molar-refractivity contribution in [1.82, 2.24) is 4.90 Å². The molecule has 0 radical (unpaired) electrons. The first-order chi connectivity index (χ1) is 10.4. The lowest BCUT2D eigenvalue weighted by molar-refractivity contribution is -0.0575. The highest BCUT2D eigenvalue weighted by Gasteiger charge is 2.29. The van der Waals surface area contributed by atoms with Gasteiger partial charge in [-0.2, -0.15) is 12.6 Å². The van der Waals surface area contributed by atoms with Crippen LogP contribution in [0.2, 0.25) is 0 Å². The molecule has 2 atom stereocenters. The zero-order valence-corrected chi connectivity index (χ0v) is 13.0. The third-order valence-corrected chi connectivity index (χ3v) is 4.39. The summed E-state index contributed by atoms with van der Waals surface area (Å²) in [7, 11) is 0. The van der Waals surface area contributed by atoms with Crippen LogP contribution in [0.4, 0.5) is 0 Å². The molecule has 110 valence electrons. The zero-order chi connectivity index (χ0) is 14.5. The summed E-state index contributed by atoms with van der Waals surface area (Å²) in [5.74, 6) is 0.771. The fourth-order valence-electron chi connectivity index (χ4n) is 2.86. The van der Waals surface area contributed by atoms with Gasteiger partial charge in [-0.05, 0) is 11.1 Å². The van der Waals surface area contributed by atoms with E-state index < -0.39 is 0 Å². The maximum atomic E-state index is 5.94. The van der Waals surface area contributed by atoms with E-state index in [2.05, 4.69) is 78.2 Å². The van der Waals surface area contributed by atoms with Crippen molar-refractivity contribution >= 4 is 12.6 Å². The van der Waals surface area contributed by atoms with E-state index in [4.69, 9.17) is 4.74 Å². The zero-order valence-electron chi connectivity index (χ0n) is 12.1. The molecule has 1 aliphatic heterocycles. The summed E-state index contributed by atoms with van der Waals surface area (Å²) in [6.45, 7) is 2.62. The van der Waals surface area contributed by atoms with Gasteiger partial charge in [-0.1, -0.05) is 60.7 Å². The van der Waals surface area contributed by atoms with Gasteiger partial charge in [0.1, 0.15) is 0 Å². The Kier molecular flexibility index (Phi) is 4.96. The van der Waals surface area contributed by atoms with Crippen molar-refractivity contribution in [2.24, 2.45) is 0 Å². The SMILES string of the molecule is SC[C@@H]1CN(Cc2ccccc2)C(c2ccccc2)CO1. The van der Waals surface area contributed by atoms with E-state index in [1.165, 1.54) is 11.1 Å². The summed E-state index contributed by atoms with van der Waals surface area (Å²) in [6, 6.07) is 21.6. The van der Waals surface area contributed by atoms with Crippen LogP contribution < -0.4 is 0 Å². The average molecular weight is 299 g/mol. The van der Waals surface area contributed by atoms with Crippen molar-refractivity contribution in [1.29, 1.82) is 0 Å². The van der Waals surface area contributed by atoms with Crippen molar-refractivity contribution in [2.75, 3.05) is 18.9 Å². The Balaban J connectivity index is 1.80. The Morgan fingerprint density at radius 1 is 1.00 bits per heavy atom. The fraction of sp³-hybridized carbons (Fsp3) is 0.333. The van der Waals surface area contributed by atoms with Gasteiger partial charge in [0, 0.05) is 18.8 Å². The molecule has 1 unspecified atom stereocenters. The first kappa shape index (κ1) is 14.6. The lowest BCUT2D eigenvalue weighted by Gasteiger charge is -2.39. The topological polar surface area (TPSA) is 12.5 Å². The number of hydrogen-bond donors (Lipinski definition) is 1. The second-order valence-corrected chi connectivity index (χ2v) is 5.84. The molecule has 1 aliphatic rings. The summed E-state index contributed by atoms with van der Waals surface area (Å²) in [5.41, 5.74) is 2.67. The quantitative estimate of drug-likeness (QED) is 0.867. The van der Waals surface area contributed by atoms with Gasteiger partial charge in [-0.3, -0.25) is 4.90 Å². The number of hydrogen-bond acceptors (Lipinski definition) is 3. The maximum absolute atomic E-state index is 5.94. The monoisotopic (exact) mass is 299 g/mol. The van der Waals surface area contributed by atoms with Crippen molar-refractivity contribution in [3.05, 3.63) is 71.8 Å². The molecule has 1 heterocycles. The minimum atomic E-state index is 0.219. The van der Waals surface area contributed by atoms with E-state index in [-0.39, 0.29) is 6.10 Å². The Hall–Kier alpha value is -1.29. The molecule has 2 nitrogen and oxygen atoms in total. The van der Waals surface area contributed by atoms with Gasteiger partial charge in [0.15, 0.2) is 0 Å². The molecule has 0 aromatic heterocycles. The van der Waals surface area contributed by atoms with Crippen molar-refractivity contribution in [3.8, 4) is 0 Å². The predicted molar refractivity (Wildman–Crippen MR) is 89.6 cm³/mol. The lowest BCUT2D eigenvalue weighted by Crippen LogP contribution is -2.45. The molecule has 0 N–H and O–H groups in total. The Morgan fingerprint density at radius 2 is 1.67 bits per heavy atom. The molecule has 0 aliphatic carbocycles. The van der Waals surface area contributed by atoms with E-state index in [1.807, 2.05) is 0 Å². The van der Waals surface area contributed by atoms with Crippen LogP contribution in [0.25, 0.3) is 0 Å². The molecule has 1 saturated heterocycles. The van der Waals surface area contributed by atoms with Crippen LogP contribution in [-0.4, -0.2) is 29.9 Å². The highest BCUT2D eigenvalue weighted by molar-refractivity contribution is 7.80. The Labute approximate surface area is 132 Å². The number of morpholine rings is 1. The van der Waals surface area contributed by atoms with Crippen molar-refractivity contribution in [3.63, 3.8) is 0 Å². The summed E-state index contributed by atoms with van der Waals surface area (Å²) in [6.07, 6.45) is 0.219. The number of nitrogens with zero attached hydrogens (tertiary/aromatic N) is 1. The van der Waals surface area contributed by atoms with Gasteiger partial charge in [-0.25, -0.2) is 0 Å². The number of ether oxygens (including phenoxy) is 1. The molecule has 1 fully saturated rings. The number of rotatable bonds is 4. The molecule has 0 bridgehead atoms. The summed E-state index contributed by atoms with van der Waals surface area (Å²) >= 11 is 4.40. The van der Waals surface area contributed by atoms with Crippen LogP contribution in [0, 0.1) is 0 Å². The molecule has 21 heavy (non-hydrogen) atoms. The van der Waals surface area contributed by atoms with Crippen LogP contribution in [0.15, 0.2) is 60.7 Å². The predicted octanol–water partition coefficient (Wildman–Crippen LogP) is 3.56. The van der Waals surface area contributed by atoms with Gasteiger partial charge < -0.3 is 4.74 Å². The maximum Gasteiger partial charge on any atom is 0.0790 e. The molecule has 0 saturated carbocycles. The van der Waals surface area contributed by atoms with E-state index in [1.54, 1.807) is 0 Å². The first-order valence-corrected chi connectivity index (χ1v) is 8.05. The molecule has 3 rings (SSSR count). The van der Waals surface area contributed by atoms with E-state index >= 15 is 0 Å². The summed E-state index contributed by atoms with van der Waals surface area (Å²) < 4.78 is 5.94. The van der Waals surface area contributed by atoms with E-state index in [9.17, 15) is 0 Å². The molecule has 2 aromatic rings. The van der Waals surface area contributed by atoms with Crippen molar-refractivity contribution in [2.45, 2.75) is 18.7 Å². The minimum absolute atomic E-state index is 0.219. The Bertz CT molecular complexity index is 546. The Morgan fingerprint density at radius 3 is 2.33 bits per heavy atom. The summed E-state index contributed by atoms with van der Waals surface area (Å²) in [4.78, 5) is 2.51.